The summed E-state index contributed by atoms with van der Waals surface area (Å²) in [7, 11) is 0. The van der Waals surface area contributed by atoms with E-state index >= 15 is 0 Å². The standard InChI is InChI=1S/C8H12O4.Na/c1-5(2)12-8(11)7(10)4-6(3)9;/h4-5,10H,1-3H3;/q;+1/p-1/b7-4-;. The van der Waals surface area contributed by atoms with Crippen molar-refractivity contribution in [1.82, 2.24) is 0 Å². The molecule has 0 fully saturated rings. The number of carbonyl (C=O) groups excluding carboxylic acids is 2. The second kappa shape index (κ2) is 7.12. The summed E-state index contributed by atoms with van der Waals surface area (Å²) >= 11 is 0. The summed E-state index contributed by atoms with van der Waals surface area (Å²) in [6, 6.07) is 0. The molecule has 0 saturated heterocycles. The molecule has 0 amide bonds. The molecule has 0 unspecified atom stereocenters. The van der Waals surface area contributed by atoms with Crippen LogP contribution in [0.25, 0.3) is 0 Å². The Bertz CT molecular complexity index is 220. The molecule has 4 nitrogen and oxygen atoms in total. The molecule has 68 valence electrons. The molecule has 0 heterocycles. The number of hydrogen-bond acceptors (Lipinski definition) is 4. The van der Waals surface area contributed by atoms with Gasteiger partial charge in [0.25, 0.3) is 0 Å². The van der Waals surface area contributed by atoms with Gasteiger partial charge in [-0.25, -0.2) is 4.79 Å². The zero-order chi connectivity index (χ0) is 9.72. The molecular formula is C8H11NaO4. The summed E-state index contributed by atoms with van der Waals surface area (Å²) in [6.45, 7) is 4.44. The number of ketones is 1. The zero-order valence-electron chi connectivity index (χ0n) is 8.29. The first-order valence-electron chi connectivity index (χ1n) is 3.53. The minimum Gasteiger partial charge on any atom is -0.868 e. The van der Waals surface area contributed by atoms with E-state index in [9.17, 15) is 14.7 Å². The summed E-state index contributed by atoms with van der Waals surface area (Å²) in [6.07, 6.45) is 0.367. The van der Waals surface area contributed by atoms with E-state index in [1.165, 1.54) is 6.92 Å². The van der Waals surface area contributed by atoms with Gasteiger partial charge in [0, 0.05) is 0 Å². The molecule has 0 rings (SSSR count). The van der Waals surface area contributed by atoms with Crippen molar-refractivity contribution in [2.75, 3.05) is 0 Å². The molecule has 0 N–H and O–H groups in total. The number of allylic oxidation sites excluding steroid dienone is 1. The molecule has 0 saturated carbocycles. The van der Waals surface area contributed by atoms with Gasteiger partial charge >= 0.3 is 35.5 Å². The largest absolute Gasteiger partial charge is 1.00 e. The first-order valence-corrected chi connectivity index (χ1v) is 3.53. The van der Waals surface area contributed by atoms with Crippen molar-refractivity contribution < 1.29 is 49.0 Å². The average Bonchev–Trinajstić information content (AvgIpc) is 1.84. The number of rotatable bonds is 3. The quantitative estimate of drug-likeness (QED) is 0.205. The molecule has 0 bridgehead atoms. The first kappa shape index (κ1) is 15.2. The Balaban J connectivity index is 0. The maximum Gasteiger partial charge on any atom is 1.00 e. The van der Waals surface area contributed by atoms with Gasteiger partial charge in [-0.1, -0.05) is 0 Å². The van der Waals surface area contributed by atoms with Crippen molar-refractivity contribution in [3.63, 3.8) is 0 Å². The Morgan fingerprint density at radius 3 is 2.15 bits per heavy atom. The molecule has 0 atom stereocenters. The van der Waals surface area contributed by atoms with E-state index in [1.807, 2.05) is 0 Å². The predicted octanol–water partition coefficient (Wildman–Crippen LogP) is -3.22. The third kappa shape index (κ3) is 8.02. The van der Waals surface area contributed by atoms with Crippen molar-refractivity contribution in [1.29, 1.82) is 0 Å². The molecule has 0 aromatic heterocycles. The molecule has 5 heteroatoms. The maximum absolute atomic E-state index is 10.7. The zero-order valence-corrected chi connectivity index (χ0v) is 10.3. The SMILES string of the molecule is CC(=O)/C=C(\[O-])C(=O)OC(C)C.[Na+]. The van der Waals surface area contributed by atoms with Crippen LogP contribution >= 0.6 is 0 Å². The van der Waals surface area contributed by atoms with Crippen LogP contribution in [0.3, 0.4) is 0 Å². The van der Waals surface area contributed by atoms with Gasteiger partial charge in [-0.3, -0.25) is 4.79 Å². The Labute approximate surface area is 99.2 Å². The van der Waals surface area contributed by atoms with Crippen molar-refractivity contribution in [2.24, 2.45) is 0 Å². The van der Waals surface area contributed by atoms with E-state index in [0.717, 1.165) is 0 Å². The van der Waals surface area contributed by atoms with Gasteiger partial charge in [-0.05, 0) is 32.6 Å². The number of esters is 1. The number of hydrogen-bond donors (Lipinski definition) is 0. The fourth-order valence-electron chi connectivity index (χ4n) is 0.516. The Hall–Kier alpha value is -0.320. The van der Waals surface area contributed by atoms with E-state index in [-0.39, 0.29) is 35.7 Å². The van der Waals surface area contributed by atoms with Crippen LogP contribution in [0.15, 0.2) is 11.8 Å². The average molecular weight is 194 g/mol. The van der Waals surface area contributed by atoms with Crippen LogP contribution in [0.2, 0.25) is 0 Å². The third-order valence-corrected chi connectivity index (χ3v) is 0.878. The van der Waals surface area contributed by atoms with E-state index in [1.54, 1.807) is 13.8 Å². The van der Waals surface area contributed by atoms with Crippen molar-refractivity contribution in [3.8, 4) is 0 Å². The van der Waals surface area contributed by atoms with Crippen molar-refractivity contribution in [2.45, 2.75) is 26.9 Å². The van der Waals surface area contributed by atoms with Gasteiger partial charge in [0.05, 0.1) is 6.10 Å². The summed E-state index contributed by atoms with van der Waals surface area (Å²) in [4.78, 5) is 21.1. The van der Waals surface area contributed by atoms with Gasteiger partial charge in [0.15, 0.2) is 5.78 Å². The molecule has 0 aromatic rings. The van der Waals surface area contributed by atoms with E-state index in [2.05, 4.69) is 4.74 Å². The minimum absolute atomic E-state index is 0. The van der Waals surface area contributed by atoms with E-state index < -0.39 is 17.5 Å². The van der Waals surface area contributed by atoms with E-state index in [4.69, 9.17) is 0 Å². The Morgan fingerprint density at radius 1 is 1.38 bits per heavy atom. The third-order valence-electron chi connectivity index (χ3n) is 0.878. The van der Waals surface area contributed by atoms with Crippen LogP contribution in [0.1, 0.15) is 20.8 Å². The Morgan fingerprint density at radius 2 is 1.85 bits per heavy atom. The minimum atomic E-state index is -0.986. The predicted molar refractivity (Wildman–Crippen MR) is 40.0 cm³/mol. The molecule has 13 heavy (non-hydrogen) atoms. The van der Waals surface area contributed by atoms with Crippen LogP contribution in [0, 0.1) is 0 Å². The monoisotopic (exact) mass is 194 g/mol. The molecule has 0 aliphatic carbocycles. The van der Waals surface area contributed by atoms with Crippen molar-refractivity contribution in [3.05, 3.63) is 11.8 Å². The van der Waals surface area contributed by atoms with Crippen LogP contribution < -0.4 is 34.7 Å². The van der Waals surface area contributed by atoms with Crippen LogP contribution in [-0.4, -0.2) is 17.9 Å². The molecule has 0 aliphatic rings. The van der Waals surface area contributed by atoms with Crippen LogP contribution in [0.5, 0.6) is 0 Å². The van der Waals surface area contributed by atoms with Crippen LogP contribution in [-0.2, 0) is 14.3 Å². The van der Waals surface area contributed by atoms with Gasteiger partial charge < -0.3 is 9.84 Å². The van der Waals surface area contributed by atoms with Crippen LogP contribution in [0.4, 0.5) is 0 Å². The van der Waals surface area contributed by atoms with Gasteiger partial charge in [0.2, 0.25) is 0 Å². The molecule has 0 aliphatic heterocycles. The second-order valence-electron chi connectivity index (χ2n) is 2.57. The summed E-state index contributed by atoms with van der Waals surface area (Å²) in [5, 5.41) is 10.7. The number of ether oxygens (including phenoxy) is 1. The smallest absolute Gasteiger partial charge is 0.868 e. The topological polar surface area (TPSA) is 66.4 Å². The summed E-state index contributed by atoms with van der Waals surface area (Å²) < 4.78 is 4.54. The second-order valence-corrected chi connectivity index (χ2v) is 2.57. The van der Waals surface area contributed by atoms with Gasteiger partial charge in [0.1, 0.15) is 0 Å². The van der Waals surface area contributed by atoms with Gasteiger partial charge in [-0.15, -0.1) is 0 Å². The fourth-order valence-corrected chi connectivity index (χ4v) is 0.516. The van der Waals surface area contributed by atoms with Crippen molar-refractivity contribution >= 4 is 11.8 Å². The summed E-state index contributed by atoms with van der Waals surface area (Å²) in [5.41, 5.74) is 0. The summed E-state index contributed by atoms with van der Waals surface area (Å²) in [5.74, 6) is -2.35. The fraction of sp³-hybridized carbons (Fsp3) is 0.500. The molecule has 0 aromatic carbocycles. The van der Waals surface area contributed by atoms with E-state index in [0.29, 0.717) is 6.08 Å². The molecular weight excluding hydrogens is 183 g/mol. The molecule has 0 spiro atoms. The molecule has 0 radical (unpaired) electrons. The normalized spacial score (nSPS) is 10.6. The van der Waals surface area contributed by atoms with Gasteiger partial charge in [-0.2, -0.15) is 0 Å². The maximum atomic E-state index is 10.7. The first-order chi connectivity index (χ1) is 5.43. The Kier molecular flexibility index (Phi) is 8.30. The number of carbonyl (C=O) groups is 2.